The van der Waals surface area contributed by atoms with Crippen LogP contribution in [0.3, 0.4) is 0 Å². The quantitative estimate of drug-likeness (QED) is 0.793. The summed E-state index contributed by atoms with van der Waals surface area (Å²) in [6.07, 6.45) is -4.54. The van der Waals surface area contributed by atoms with Crippen LogP contribution in [0.2, 0.25) is 0 Å². The Kier molecular flexibility index (Phi) is 7.06. The van der Waals surface area contributed by atoms with E-state index in [1.807, 2.05) is 0 Å². The first-order chi connectivity index (χ1) is 11.5. The minimum atomic E-state index is -4.83. The maximum absolute atomic E-state index is 12.3. The van der Waals surface area contributed by atoms with Crippen molar-refractivity contribution < 1.29 is 36.3 Å². The summed E-state index contributed by atoms with van der Waals surface area (Å²) in [5, 5.41) is 8.91. The Hall–Kier alpha value is -1.81. The molecule has 1 aromatic rings. The number of hydrogen-bond donors (Lipinski definition) is 1. The number of carbonyl (C=O) groups is 2. The third-order valence-corrected chi connectivity index (χ3v) is 5.58. The first-order valence-electron chi connectivity index (χ1n) is 7.37. The van der Waals surface area contributed by atoms with E-state index in [1.165, 1.54) is 17.0 Å². The maximum atomic E-state index is 12.3. The van der Waals surface area contributed by atoms with Crippen LogP contribution in [-0.2, 0) is 25.8 Å². The van der Waals surface area contributed by atoms with Gasteiger partial charge < -0.3 is 10.0 Å². The summed E-state index contributed by atoms with van der Waals surface area (Å²) >= 11 is 0. The zero-order valence-corrected chi connectivity index (χ0v) is 15.0. The van der Waals surface area contributed by atoms with Gasteiger partial charge in [-0.3, -0.25) is 9.59 Å². The zero-order chi connectivity index (χ0) is 18.8. The van der Waals surface area contributed by atoms with Crippen molar-refractivity contribution in [3.63, 3.8) is 0 Å². The molecule has 1 fully saturated rings. The van der Waals surface area contributed by atoms with Gasteiger partial charge in [0.15, 0.2) is 15.6 Å². The number of halogens is 4. The minimum Gasteiger partial charge on any atom is -0.481 e. The van der Waals surface area contributed by atoms with Crippen molar-refractivity contribution in [2.45, 2.75) is 23.9 Å². The van der Waals surface area contributed by atoms with Gasteiger partial charge in [-0.25, -0.2) is 8.42 Å². The molecule has 26 heavy (non-hydrogen) atoms. The molecule has 146 valence electrons. The topological polar surface area (TPSA) is 91.8 Å². The summed E-state index contributed by atoms with van der Waals surface area (Å²) in [6, 6.07) is 4.64. The number of alkyl halides is 3. The Balaban J connectivity index is 0.00000338. The molecule has 0 radical (unpaired) electrons. The number of nitrogens with zero attached hydrogens (tertiary/aromatic N) is 1. The van der Waals surface area contributed by atoms with Crippen molar-refractivity contribution in [2.24, 2.45) is 5.92 Å². The number of aliphatic carboxylic acids is 1. The van der Waals surface area contributed by atoms with E-state index in [-0.39, 0.29) is 31.3 Å². The Morgan fingerprint density at radius 3 is 2.23 bits per heavy atom. The molecule has 1 N–H and O–H groups in total. The van der Waals surface area contributed by atoms with Gasteiger partial charge in [0.2, 0.25) is 5.91 Å². The first-order valence-corrected chi connectivity index (χ1v) is 9.02. The highest BCUT2D eigenvalue weighted by molar-refractivity contribution is 7.91. The SMILES string of the molecule is Cl.O=C(O)C1CCN(C(=O)Cc2ccc(S(=O)(=O)CC(F)(F)F)cc2)C1. The fourth-order valence-electron chi connectivity index (χ4n) is 2.59. The van der Waals surface area contributed by atoms with Crippen molar-refractivity contribution in [3.05, 3.63) is 29.8 Å². The Labute approximate surface area is 154 Å². The molecule has 1 saturated heterocycles. The van der Waals surface area contributed by atoms with Crippen molar-refractivity contribution in [3.8, 4) is 0 Å². The van der Waals surface area contributed by atoms with Gasteiger partial charge in [0.1, 0.15) is 0 Å². The molecule has 1 amide bonds. The molecule has 11 heteroatoms. The number of carboxylic acid groups (broad SMARTS) is 1. The number of hydrogen-bond acceptors (Lipinski definition) is 4. The van der Waals surface area contributed by atoms with E-state index in [9.17, 15) is 31.2 Å². The lowest BCUT2D eigenvalue weighted by Crippen LogP contribution is -2.31. The van der Waals surface area contributed by atoms with E-state index in [0.29, 0.717) is 18.5 Å². The van der Waals surface area contributed by atoms with Gasteiger partial charge in [0.05, 0.1) is 17.2 Å². The molecule has 1 atom stereocenters. The highest BCUT2D eigenvalue weighted by Crippen LogP contribution is 2.23. The minimum absolute atomic E-state index is 0. The fraction of sp³-hybridized carbons (Fsp3) is 0.467. The third kappa shape index (κ3) is 5.87. The molecule has 1 aliphatic rings. The van der Waals surface area contributed by atoms with E-state index < -0.39 is 38.5 Å². The molecule has 0 saturated carbocycles. The second-order valence-electron chi connectivity index (χ2n) is 5.86. The van der Waals surface area contributed by atoms with Crippen LogP contribution in [0.15, 0.2) is 29.2 Å². The Morgan fingerprint density at radius 1 is 1.19 bits per heavy atom. The molecule has 0 aliphatic carbocycles. The summed E-state index contributed by atoms with van der Waals surface area (Å²) in [4.78, 5) is 23.9. The second kappa shape index (κ2) is 8.26. The van der Waals surface area contributed by atoms with Gasteiger partial charge in [-0.05, 0) is 24.1 Å². The Morgan fingerprint density at radius 2 is 1.77 bits per heavy atom. The lowest BCUT2D eigenvalue weighted by molar-refractivity contribution is -0.141. The summed E-state index contributed by atoms with van der Waals surface area (Å²) in [7, 11) is -4.48. The molecule has 0 bridgehead atoms. The van der Waals surface area contributed by atoms with E-state index in [4.69, 9.17) is 5.11 Å². The smallest absolute Gasteiger partial charge is 0.403 e. The van der Waals surface area contributed by atoms with Gasteiger partial charge in [0.25, 0.3) is 0 Å². The standard InChI is InChI=1S/C15H16F3NO5S.ClH/c16-15(17,18)9-25(23,24)12-3-1-10(2-4-12)7-13(20)19-6-5-11(8-19)14(21)22;/h1-4,11H,5-9H2,(H,21,22);1H. The first kappa shape index (κ1) is 22.2. The van der Waals surface area contributed by atoms with Crippen molar-refractivity contribution in [2.75, 3.05) is 18.8 Å². The largest absolute Gasteiger partial charge is 0.481 e. The van der Waals surface area contributed by atoms with Crippen molar-refractivity contribution in [1.82, 2.24) is 4.90 Å². The predicted octanol–water partition coefficient (Wildman–Crippen LogP) is 1.92. The van der Waals surface area contributed by atoms with E-state index >= 15 is 0 Å². The van der Waals surface area contributed by atoms with Gasteiger partial charge >= 0.3 is 12.1 Å². The maximum Gasteiger partial charge on any atom is 0.403 e. The van der Waals surface area contributed by atoms with Crippen LogP contribution in [0.5, 0.6) is 0 Å². The van der Waals surface area contributed by atoms with Crippen LogP contribution in [0.1, 0.15) is 12.0 Å². The highest BCUT2D eigenvalue weighted by Gasteiger charge is 2.36. The van der Waals surface area contributed by atoms with Crippen LogP contribution in [0, 0.1) is 5.92 Å². The van der Waals surface area contributed by atoms with Crippen LogP contribution < -0.4 is 0 Å². The average Bonchev–Trinajstić information content (AvgIpc) is 2.95. The third-order valence-electron chi connectivity index (χ3n) is 3.88. The number of carbonyl (C=O) groups excluding carboxylic acids is 1. The van der Waals surface area contributed by atoms with Crippen molar-refractivity contribution in [1.29, 1.82) is 0 Å². The van der Waals surface area contributed by atoms with E-state index in [0.717, 1.165) is 12.1 Å². The number of amides is 1. The average molecular weight is 416 g/mol. The van der Waals surface area contributed by atoms with Crippen molar-refractivity contribution >= 4 is 34.1 Å². The number of benzene rings is 1. The molecule has 1 aliphatic heterocycles. The molecule has 1 aromatic carbocycles. The summed E-state index contributed by atoms with van der Waals surface area (Å²) in [6.45, 7) is 0.445. The number of rotatable bonds is 5. The summed E-state index contributed by atoms with van der Waals surface area (Å²) in [5.41, 5.74) is 0.440. The molecule has 1 unspecified atom stereocenters. The Bertz CT molecular complexity index is 764. The van der Waals surface area contributed by atoms with Gasteiger partial charge in [-0.1, -0.05) is 12.1 Å². The second-order valence-corrected chi connectivity index (χ2v) is 7.85. The number of sulfone groups is 1. The predicted molar refractivity (Wildman–Crippen MR) is 87.8 cm³/mol. The molecule has 2 rings (SSSR count). The molecule has 1 heterocycles. The van der Waals surface area contributed by atoms with Gasteiger partial charge in [-0.15, -0.1) is 12.4 Å². The van der Waals surface area contributed by atoms with Gasteiger partial charge in [0, 0.05) is 13.1 Å². The molecular weight excluding hydrogens is 399 g/mol. The fourth-order valence-corrected chi connectivity index (χ4v) is 3.74. The molecular formula is C15H17ClF3NO5S. The van der Waals surface area contributed by atoms with E-state index in [1.54, 1.807) is 0 Å². The van der Waals surface area contributed by atoms with E-state index in [2.05, 4.69) is 0 Å². The van der Waals surface area contributed by atoms with Crippen LogP contribution >= 0.6 is 12.4 Å². The highest BCUT2D eigenvalue weighted by atomic mass is 35.5. The van der Waals surface area contributed by atoms with Crippen LogP contribution in [-0.4, -0.2) is 55.3 Å². The molecule has 6 nitrogen and oxygen atoms in total. The lowest BCUT2D eigenvalue weighted by Gasteiger charge is -2.16. The molecule has 0 aromatic heterocycles. The van der Waals surface area contributed by atoms with Crippen LogP contribution in [0.4, 0.5) is 13.2 Å². The van der Waals surface area contributed by atoms with Crippen LogP contribution in [0.25, 0.3) is 0 Å². The zero-order valence-electron chi connectivity index (χ0n) is 13.4. The normalized spacial score (nSPS) is 17.7. The number of carboxylic acids is 1. The monoisotopic (exact) mass is 415 g/mol. The lowest BCUT2D eigenvalue weighted by atomic mass is 10.1. The molecule has 0 spiro atoms. The summed E-state index contributed by atoms with van der Waals surface area (Å²) in [5.74, 6) is -3.81. The number of likely N-dealkylation sites (tertiary alicyclic amines) is 1. The van der Waals surface area contributed by atoms with Gasteiger partial charge in [-0.2, -0.15) is 13.2 Å². The summed E-state index contributed by atoms with van der Waals surface area (Å²) < 4.78 is 60.1.